The van der Waals surface area contributed by atoms with Crippen molar-refractivity contribution in [2.24, 2.45) is 28.2 Å². The molecule has 11 aromatic rings. The molecular formula is C64H60N10O2. The van der Waals surface area contributed by atoms with Gasteiger partial charge in [-0.1, -0.05) is 125 Å². The van der Waals surface area contributed by atoms with Crippen LogP contribution in [0, 0.1) is 23.7 Å². The molecule has 0 amide bonds. The van der Waals surface area contributed by atoms with E-state index in [-0.39, 0.29) is 0 Å². The normalized spacial score (nSPS) is 11.3. The fourth-order valence-corrected chi connectivity index (χ4v) is 9.86. The first kappa shape index (κ1) is 49.2. The standard InChI is InChI=1S/C64H60N10O2/c1-7-9-11-21-35-75-59-41-46(34-32-44-39-53(63-69-49-25-15-19-29-57(49)73(63)5)66-54(40-44)64-70-50-26-16-20-30-58(50)74(64)6)60(76-36-22-12-10-8-2)42-45(59)33-31-43-37-51(61-67-47-23-13-17-27-55(47)71(61)3)65-52(38-43)62-68-48-24-14-18-28-56(48)72(62)4/h13-20,23-30,37-42H,7-12,21-22,35-36H2,1-6H3. The van der Waals surface area contributed by atoms with Crippen LogP contribution in [0.3, 0.4) is 0 Å². The highest BCUT2D eigenvalue weighted by Crippen LogP contribution is 2.33. The van der Waals surface area contributed by atoms with Crippen molar-refractivity contribution in [3.05, 3.63) is 156 Å². The molecule has 11 rings (SSSR count). The number of hydrogen-bond donors (Lipinski definition) is 0. The maximum absolute atomic E-state index is 6.70. The van der Waals surface area contributed by atoms with Gasteiger partial charge in [0.05, 0.1) is 68.5 Å². The molecule has 6 heterocycles. The molecule has 0 aliphatic carbocycles. The molecular weight excluding hydrogens is 941 g/mol. The zero-order valence-electron chi connectivity index (χ0n) is 44.1. The van der Waals surface area contributed by atoms with Crippen LogP contribution in [0.1, 0.15) is 87.5 Å². The topological polar surface area (TPSA) is 116 Å². The SMILES string of the molecule is CCCCCCOc1cc(C#Cc2cc(-c3nc4ccccc4n3C)nc(-c3nc4ccccc4n3C)c2)c(OCCCCCC)cc1C#Cc1cc(-c2nc3ccccc3n2C)nc(-c2nc3ccccc3n2C)c1. The summed E-state index contributed by atoms with van der Waals surface area (Å²) in [6, 6.07) is 44.5. The van der Waals surface area contributed by atoms with Crippen molar-refractivity contribution in [1.29, 1.82) is 0 Å². The zero-order valence-corrected chi connectivity index (χ0v) is 44.1. The van der Waals surface area contributed by atoms with E-state index >= 15 is 0 Å². The number of unbranched alkanes of at least 4 members (excludes halogenated alkanes) is 6. The predicted octanol–water partition coefficient (Wildman–Crippen LogP) is 13.4. The molecule has 0 N–H and O–H groups in total. The minimum Gasteiger partial charge on any atom is -0.492 e. The molecule has 12 nitrogen and oxygen atoms in total. The van der Waals surface area contributed by atoms with Gasteiger partial charge in [0.15, 0.2) is 23.3 Å². The molecule has 6 aromatic heterocycles. The lowest BCUT2D eigenvalue weighted by Gasteiger charge is -2.14. The molecule has 0 saturated heterocycles. The first-order valence-electron chi connectivity index (χ1n) is 26.4. The molecule has 378 valence electrons. The molecule has 5 aromatic carbocycles. The van der Waals surface area contributed by atoms with E-state index in [2.05, 4.69) is 80.1 Å². The summed E-state index contributed by atoms with van der Waals surface area (Å²) < 4.78 is 21.7. The smallest absolute Gasteiger partial charge is 0.159 e. The number of nitrogens with zero attached hydrogens (tertiary/aromatic N) is 10. The van der Waals surface area contributed by atoms with Gasteiger partial charge in [-0.3, -0.25) is 0 Å². The summed E-state index contributed by atoms with van der Waals surface area (Å²) >= 11 is 0. The van der Waals surface area contributed by atoms with Crippen molar-refractivity contribution in [3.8, 4) is 81.3 Å². The largest absolute Gasteiger partial charge is 0.492 e. The quantitative estimate of drug-likeness (QED) is 0.0694. The summed E-state index contributed by atoms with van der Waals surface area (Å²) in [4.78, 5) is 30.6. The van der Waals surface area contributed by atoms with Gasteiger partial charge < -0.3 is 27.7 Å². The number of aromatic nitrogens is 10. The van der Waals surface area contributed by atoms with E-state index in [1.165, 1.54) is 0 Å². The maximum atomic E-state index is 6.70. The van der Waals surface area contributed by atoms with Crippen LogP contribution in [-0.4, -0.2) is 61.4 Å². The minimum absolute atomic E-state index is 0.537. The second-order valence-electron chi connectivity index (χ2n) is 19.3. The van der Waals surface area contributed by atoms with E-state index in [9.17, 15) is 0 Å². The van der Waals surface area contributed by atoms with Crippen molar-refractivity contribution < 1.29 is 9.47 Å². The Hall–Kier alpha value is -9.00. The van der Waals surface area contributed by atoms with E-state index in [0.29, 0.717) is 58.6 Å². The molecule has 0 unspecified atom stereocenters. The molecule has 0 spiro atoms. The second-order valence-corrected chi connectivity index (χ2v) is 19.3. The van der Waals surface area contributed by atoms with E-state index in [0.717, 1.165) is 130 Å². The first-order chi connectivity index (χ1) is 37.2. The summed E-state index contributed by atoms with van der Waals surface area (Å²) in [7, 11) is 8.09. The molecule has 12 heteroatoms. The predicted molar refractivity (Wildman–Crippen MR) is 305 cm³/mol. The lowest BCUT2D eigenvalue weighted by Crippen LogP contribution is -2.03. The Morgan fingerprint density at radius 1 is 0.355 bits per heavy atom. The van der Waals surface area contributed by atoms with Gasteiger partial charge in [0.2, 0.25) is 0 Å². The molecule has 0 saturated carbocycles. The molecule has 0 atom stereocenters. The van der Waals surface area contributed by atoms with Gasteiger partial charge in [-0.25, -0.2) is 29.9 Å². The van der Waals surface area contributed by atoms with Gasteiger partial charge in [0.1, 0.15) is 34.3 Å². The van der Waals surface area contributed by atoms with Gasteiger partial charge in [-0.15, -0.1) is 0 Å². The number of hydrogen-bond acceptors (Lipinski definition) is 8. The van der Waals surface area contributed by atoms with Crippen molar-refractivity contribution >= 4 is 44.1 Å². The number of rotatable bonds is 16. The number of benzene rings is 5. The molecule has 0 bridgehead atoms. The van der Waals surface area contributed by atoms with Crippen LogP contribution < -0.4 is 9.47 Å². The molecule has 0 fully saturated rings. The minimum atomic E-state index is 0.537. The van der Waals surface area contributed by atoms with Crippen LogP contribution in [0.15, 0.2) is 133 Å². The summed E-state index contributed by atoms with van der Waals surface area (Å²) in [5.41, 5.74) is 13.3. The summed E-state index contributed by atoms with van der Waals surface area (Å²) in [6.07, 6.45) is 8.50. The number of ether oxygens (including phenoxy) is 2. The van der Waals surface area contributed by atoms with Gasteiger partial charge >= 0.3 is 0 Å². The summed E-state index contributed by atoms with van der Waals surface area (Å²) in [5, 5.41) is 0. The third-order valence-electron chi connectivity index (χ3n) is 14.0. The number of aryl methyl sites for hydroxylation is 4. The monoisotopic (exact) mass is 1000 g/mol. The fourth-order valence-electron chi connectivity index (χ4n) is 9.86. The highest BCUT2D eigenvalue weighted by atomic mass is 16.5. The van der Waals surface area contributed by atoms with Crippen LogP contribution in [0.4, 0.5) is 0 Å². The van der Waals surface area contributed by atoms with Gasteiger partial charge in [-0.05, 0) is 85.6 Å². The Balaban J connectivity index is 1.04. The van der Waals surface area contributed by atoms with Crippen molar-refractivity contribution in [1.82, 2.24) is 48.2 Å². The molecule has 0 aliphatic heterocycles. The second kappa shape index (κ2) is 21.8. The van der Waals surface area contributed by atoms with Crippen molar-refractivity contribution in [2.45, 2.75) is 65.2 Å². The van der Waals surface area contributed by atoms with Crippen molar-refractivity contribution in [2.75, 3.05) is 13.2 Å². The number of para-hydroxylation sites is 8. The lowest BCUT2D eigenvalue weighted by molar-refractivity contribution is 0.295. The average Bonchev–Trinajstić information content (AvgIpc) is 4.20. The third-order valence-corrected chi connectivity index (χ3v) is 14.0. The Morgan fingerprint density at radius 3 is 0.947 bits per heavy atom. The van der Waals surface area contributed by atoms with Crippen LogP contribution >= 0.6 is 0 Å². The highest BCUT2D eigenvalue weighted by Gasteiger charge is 2.20. The Morgan fingerprint density at radius 2 is 0.658 bits per heavy atom. The average molecular weight is 1000 g/mol. The highest BCUT2D eigenvalue weighted by molar-refractivity contribution is 5.84. The fraction of sp³-hybridized carbons (Fsp3) is 0.250. The van der Waals surface area contributed by atoms with E-state index < -0.39 is 0 Å². The summed E-state index contributed by atoms with van der Waals surface area (Å²) in [6.45, 7) is 5.51. The Kier molecular flexibility index (Phi) is 14.1. The number of pyridine rings is 2. The van der Waals surface area contributed by atoms with E-state index in [1.807, 2.05) is 137 Å². The Bertz CT molecular complexity index is 3620. The first-order valence-corrected chi connectivity index (χ1v) is 26.4. The number of fused-ring (bicyclic) bond motifs is 4. The third kappa shape index (κ3) is 10.0. The lowest BCUT2D eigenvalue weighted by atomic mass is 10.1. The van der Waals surface area contributed by atoms with Crippen LogP contribution in [-0.2, 0) is 28.2 Å². The van der Waals surface area contributed by atoms with Crippen molar-refractivity contribution in [3.63, 3.8) is 0 Å². The Labute approximate surface area is 443 Å². The molecule has 76 heavy (non-hydrogen) atoms. The van der Waals surface area contributed by atoms with Crippen LogP contribution in [0.25, 0.3) is 90.2 Å². The van der Waals surface area contributed by atoms with Gasteiger partial charge in [0.25, 0.3) is 0 Å². The van der Waals surface area contributed by atoms with E-state index in [1.54, 1.807) is 0 Å². The van der Waals surface area contributed by atoms with Gasteiger partial charge in [0, 0.05) is 51.5 Å². The van der Waals surface area contributed by atoms with Crippen LogP contribution in [0.2, 0.25) is 0 Å². The molecule has 0 aliphatic rings. The zero-order chi connectivity index (χ0) is 52.1. The maximum Gasteiger partial charge on any atom is 0.159 e. The van der Waals surface area contributed by atoms with Gasteiger partial charge in [-0.2, -0.15) is 0 Å². The molecule has 0 radical (unpaired) electrons. The number of imidazole rings is 4. The summed E-state index contributed by atoms with van der Waals surface area (Å²) in [5.74, 6) is 18.4. The van der Waals surface area contributed by atoms with E-state index in [4.69, 9.17) is 39.4 Å². The van der Waals surface area contributed by atoms with Crippen LogP contribution in [0.5, 0.6) is 11.5 Å².